The van der Waals surface area contributed by atoms with Crippen LogP contribution in [-0.4, -0.2) is 26.0 Å². The first kappa shape index (κ1) is 12.4. The van der Waals surface area contributed by atoms with Crippen molar-refractivity contribution in [3.8, 4) is 10.8 Å². The molecule has 1 N–H and O–H groups in total. The van der Waals surface area contributed by atoms with E-state index in [1.807, 2.05) is 5.38 Å². The molecule has 0 atom stereocenters. The topological polar surface area (TPSA) is 93.8 Å². The van der Waals surface area contributed by atoms with Gasteiger partial charge in [-0.3, -0.25) is 9.78 Å². The zero-order chi connectivity index (χ0) is 13.9. The number of nitrogens with zero attached hydrogens (tertiary/aromatic N) is 4. The summed E-state index contributed by atoms with van der Waals surface area (Å²) in [7, 11) is 0. The Labute approximate surface area is 117 Å². The number of hydrogen-bond acceptors (Lipinski definition) is 7. The van der Waals surface area contributed by atoms with Crippen LogP contribution < -0.4 is 5.32 Å². The minimum atomic E-state index is -0.339. The summed E-state index contributed by atoms with van der Waals surface area (Å²) in [4.78, 5) is 24.7. The second-order valence-corrected chi connectivity index (χ2v) is 4.77. The highest BCUT2D eigenvalue weighted by atomic mass is 32.1. The fourth-order valence-electron chi connectivity index (χ4n) is 1.57. The van der Waals surface area contributed by atoms with Crippen molar-refractivity contribution >= 4 is 22.9 Å². The predicted molar refractivity (Wildman–Crippen MR) is 72.3 cm³/mol. The number of hydrogen-bond donors (Lipinski definition) is 1. The standard InChI is InChI=1S/C12H9N5O2S/c1-7-15-12(19-17-7)10-8(2-5-20-10)16-11(18)9-6-13-3-4-14-9/h2-6H,1H3,(H,16,18). The molecule has 0 aliphatic heterocycles. The molecule has 0 unspecified atom stereocenters. The highest BCUT2D eigenvalue weighted by molar-refractivity contribution is 7.14. The number of carbonyl (C=O) groups excluding carboxylic acids is 1. The van der Waals surface area contributed by atoms with E-state index in [9.17, 15) is 4.79 Å². The first-order valence-electron chi connectivity index (χ1n) is 5.69. The summed E-state index contributed by atoms with van der Waals surface area (Å²) in [6.07, 6.45) is 4.37. The number of anilines is 1. The van der Waals surface area contributed by atoms with Gasteiger partial charge in [-0.1, -0.05) is 5.16 Å². The number of aromatic nitrogens is 4. The Balaban J connectivity index is 1.86. The van der Waals surface area contributed by atoms with Crippen molar-refractivity contribution < 1.29 is 9.32 Å². The monoisotopic (exact) mass is 287 g/mol. The molecule has 0 radical (unpaired) electrons. The summed E-state index contributed by atoms with van der Waals surface area (Å²) in [5.41, 5.74) is 0.848. The number of amides is 1. The fourth-order valence-corrected chi connectivity index (χ4v) is 2.34. The number of thiophene rings is 1. The molecule has 0 aliphatic rings. The highest BCUT2D eigenvalue weighted by Crippen LogP contribution is 2.32. The molecule has 3 heterocycles. The van der Waals surface area contributed by atoms with Gasteiger partial charge in [-0.25, -0.2) is 4.98 Å². The van der Waals surface area contributed by atoms with Crippen LogP contribution in [0.4, 0.5) is 5.69 Å². The summed E-state index contributed by atoms with van der Waals surface area (Å²) in [6, 6.07) is 1.77. The summed E-state index contributed by atoms with van der Waals surface area (Å²) in [5.74, 6) is 0.584. The van der Waals surface area contributed by atoms with Crippen LogP contribution in [0.5, 0.6) is 0 Å². The Morgan fingerprint density at radius 2 is 2.30 bits per heavy atom. The Hall–Kier alpha value is -2.61. The molecule has 8 heteroatoms. The van der Waals surface area contributed by atoms with Crippen molar-refractivity contribution in [1.82, 2.24) is 20.1 Å². The van der Waals surface area contributed by atoms with Crippen LogP contribution in [0.3, 0.4) is 0 Å². The molecule has 0 fully saturated rings. The number of rotatable bonds is 3. The maximum Gasteiger partial charge on any atom is 0.275 e. The van der Waals surface area contributed by atoms with Crippen LogP contribution in [0.25, 0.3) is 10.8 Å². The van der Waals surface area contributed by atoms with Crippen molar-refractivity contribution in [3.63, 3.8) is 0 Å². The Morgan fingerprint density at radius 1 is 1.40 bits per heavy atom. The van der Waals surface area contributed by atoms with Crippen LogP contribution in [0, 0.1) is 6.92 Å². The predicted octanol–water partition coefficient (Wildman–Crippen LogP) is 2.15. The van der Waals surface area contributed by atoms with Crippen LogP contribution in [0.2, 0.25) is 0 Å². The summed E-state index contributed by atoms with van der Waals surface area (Å²) < 4.78 is 5.11. The summed E-state index contributed by atoms with van der Waals surface area (Å²) in [6.45, 7) is 1.73. The van der Waals surface area contributed by atoms with E-state index in [1.54, 1.807) is 13.0 Å². The molecular formula is C12H9N5O2S. The van der Waals surface area contributed by atoms with E-state index in [4.69, 9.17) is 4.52 Å². The van der Waals surface area contributed by atoms with Crippen molar-refractivity contribution in [2.75, 3.05) is 5.32 Å². The Kier molecular flexibility index (Phi) is 3.21. The van der Waals surface area contributed by atoms with E-state index in [2.05, 4.69) is 25.4 Å². The van der Waals surface area contributed by atoms with Gasteiger partial charge in [0.1, 0.15) is 10.6 Å². The van der Waals surface area contributed by atoms with Gasteiger partial charge in [-0.2, -0.15) is 4.98 Å². The zero-order valence-electron chi connectivity index (χ0n) is 10.4. The SMILES string of the molecule is Cc1noc(-c2sccc2NC(=O)c2cnccn2)n1. The molecule has 3 aromatic rings. The van der Waals surface area contributed by atoms with E-state index in [1.165, 1.54) is 29.9 Å². The van der Waals surface area contributed by atoms with Crippen LogP contribution in [0.15, 0.2) is 34.6 Å². The number of nitrogens with one attached hydrogen (secondary N) is 1. The van der Waals surface area contributed by atoms with Gasteiger partial charge in [0.2, 0.25) is 0 Å². The molecule has 0 saturated carbocycles. The molecule has 0 bridgehead atoms. The van der Waals surface area contributed by atoms with Crippen LogP contribution in [-0.2, 0) is 0 Å². The highest BCUT2D eigenvalue weighted by Gasteiger charge is 2.16. The molecule has 0 spiro atoms. The smallest absolute Gasteiger partial charge is 0.275 e. The van der Waals surface area contributed by atoms with Crippen molar-refractivity contribution in [3.05, 3.63) is 41.6 Å². The van der Waals surface area contributed by atoms with Gasteiger partial charge in [0, 0.05) is 12.4 Å². The van der Waals surface area contributed by atoms with E-state index in [0.717, 1.165) is 0 Å². The number of aryl methyl sites for hydroxylation is 1. The molecule has 0 saturated heterocycles. The lowest BCUT2D eigenvalue weighted by Gasteiger charge is -2.03. The maximum absolute atomic E-state index is 12.0. The first-order valence-corrected chi connectivity index (χ1v) is 6.57. The van der Waals surface area contributed by atoms with Gasteiger partial charge in [-0.15, -0.1) is 11.3 Å². The van der Waals surface area contributed by atoms with Crippen molar-refractivity contribution in [2.45, 2.75) is 6.92 Å². The Morgan fingerprint density at radius 3 is 3.00 bits per heavy atom. The maximum atomic E-state index is 12.0. The van der Waals surface area contributed by atoms with Gasteiger partial charge in [0.05, 0.1) is 11.9 Å². The average Bonchev–Trinajstić information content (AvgIpc) is 3.08. The molecule has 7 nitrogen and oxygen atoms in total. The molecule has 0 aliphatic carbocycles. The third kappa shape index (κ3) is 2.41. The largest absolute Gasteiger partial charge is 0.333 e. The molecule has 100 valence electrons. The fraction of sp³-hybridized carbons (Fsp3) is 0.0833. The lowest BCUT2D eigenvalue weighted by molar-refractivity contribution is 0.102. The lowest BCUT2D eigenvalue weighted by atomic mass is 10.3. The molecule has 20 heavy (non-hydrogen) atoms. The van der Waals surface area contributed by atoms with Gasteiger partial charge >= 0.3 is 0 Å². The molecule has 3 rings (SSSR count). The van der Waals surface area contributed by atoms with E-state index >= 15 is 0 Å². The van der Waals surface area contributed by atoms with E-state index in [-0.39, 0.29) is 11.6 Å². The lowest BCUT2D eigenvalue weighted by Crippen LogP contribution is -2.13. The molecule has 1 amide bonds. The van der Waals surface area contributed by atoms with Gasteiger partial charge in [0.15, 0.2) is 5.82 Å². The second kappa shape index (κ2) is 5.17. The molecular weight excluding hydrogens is 278 g/mol. The van der Waals surface area contributed by atoms with Gasteiger partial charge in [0.25, 0.3) is 11.8 Å². The number of carbonyl (C=O) groups is 1. The van der Waals surface area contributed by atoms with Crippen LogP contribution in [0.1, 0.15) is 16.3 Å². The zero-order valence-corrected chi connectivity index (χ0v) is 11.2. The molecule has 0 aromatic carbocycles. The average molecular weight is 287 g/mol. The van der Waals surface area contributed by atoms with Gasteiger partial charge < -0.3 is 9.84 Å². The van der Waals surface area contributed by atoms with E-state index < -0.39 is 0 Å². The minimum absolute atomic E-state index is 0.242. The third-order valence-electron chi connectivity index (χ3n) is 2.43. The first-order chi connectivity index (χ1) is 9.74. The summed E-state index contributed by atoms with van der Waals surface area (Å²) in [5, 5.41) is 8.33. The summed E-state index contributed by atoms with van der Waals surface area (Å²) >= 11 is 1.41. The van der Waals surface area contributed by atoms with Crippen LogP contribution >= 0.6 is 11.3 Å². The van der Waals surface area contributed by atoms with Gasteiger partial charge in [-0.05, 0) is 18.4 Å². The van der Waals surface area contributed by atoms with Crippen molar-refractivity contribution in [2.24, 2.45) is 0 Å². The molecule has 3 aromatic heterocycles. The Bertz CT molecular complexity index is 737. The minimum Gasteiger partial charge on any atom is -0.333 e. The quantitative estimate of drug-likeness (QED) is 0.793. The van der Waals surface area contributed by atoms with E-state index in [0.29, 0.717) is 22.3 Å². The normalized spacial score (nSPS) is 10.4. The third-order valence-corrected chi connectivity index (χ3v) is 3.33. The van der Waals surface area contributed by atoms with Crippen molar-refractivity contribution in [1.29, 1.82) is 0 Å². The second-order valence-electron chi connectivity index (χ2n) is 3.85.